The lowest BCUT2D eigenvalue weighted by Gasteiger charge is -2.30. The second-order valence-corrected chi connectivity index (χ2v) is 7.82. The number of aromatic nitrogens is 1. The minimum Gasteiger partial charge on any atom is -0.465 e. The highest BCUT2D eigenvalue weighted by atomic mass is 32.2. The third kappa shape index (κ3) is 3.74. The molecular weight excluding hydrogens is 292 g/mol. The minimum atomic E-state index is -0.515. The smallest absolute Gasteiger partial charge is 0.326 e. The fraction of sp³-hybridized carbons (Fsp3) is 0.714. The summed E-state index contributed by atoms with van der Waals surface area (Å²) in [5, 5.41) is 5.86. The Morgan fingerprint density at radius 1 is 1.70 bits per heavy atom. The number of carbonyl (C=O) groups excluding carboxylic acids is 1. The normalized spacial score (nSPS) is 26.1. The van der Waals surface area contributed by atoms with Crippen LogP contribution < -0.4 is 5.32 Å². The van der Waals surface area contributed by atoms with Crippen LogP contribution >= 0.6 is 23.1 Å². The van der Waals surface area contributed by atoms with Crippen molar-refractivity contribution >= 4 is 29.1 Å². The Hall–Kier alpha value is -0.590. The van der Waals surface area contributed by atoms with Gasteiger partial charge in [0.05, 0.1) is 6.61 Å². The van der Waals surface area contributed by atoms with Crippen LogP contribution in [0, 0.1) is 0 Å². The zero-order valence-electron chi connectivity index (χ0n) is 12.2. The van der Waals surface area contributed by atoms with Gasteiger partial charge in [-0.1, -0.05) is 11.8 Å². The first kappa shape index (κ1) is 15.8. The molecule has 2 rings (SSSR count). The maximum Gasteiger partial charge on any atom is 0.326 e. The lowest BCUT2D eigenvalue weighted by molar-refractivity contribution is -0.151. The standard InChI is InChI=1S/C14H22N2O2S2/c1-4-18-12(17)14(16-10(2)3)6-5-11(9-14)20-13-15-7-8-19-13/h7-8,10-11,16H,4-6,9H2,1-3H3. The van der Waals surface area contributed by atoms with E-state index in [4.69, 9.17) is 4.74 Å². The van der Waals surface area contributed by atoms with Crippen molar-refractivity contribution in [2.24, 2.45) is 0 Å². The molecule has 112 valence electrons. The van der Waals surface area contributed by atoms with Crippen LogP contribution in [0.1, 0.15) is 40.0 Å². The van der Waals surface area contributed by atoms with Gasteiger partial charge < -0.3 is 4.74 Å². The molecule has 0 amide bonds. The number of thioether (sulfide) groups is 1. The average Bonchev–Trinajstić information content (AvgIpc) is 3.00. The molecule has 1 aliphatic carbocycles. The summed E-state index contributed by atoms with van der Waals surface area (Å²) in [7, 11) is 0. The molecule has 6 heteroatoms. The van der Waals surface area contributed by atoms with Crippen LogP contribution in [0.4, 0.5) is 0 Å². The number of hydrogen-bond donors (Lipinski definition) is 1. The van der Waals surface area contributed by atoms with Crippen LogP contribution in [0.15, 0.2) is 15.9 Å². The number of nitrogens with zero attached hydrogens (tertiary/aromatic N) is 1. The molecule has 0 bridgehead atoms. The van der Waals surface area contributed by atoms with Crippen molar-refractivity contribution in [2.45, 2.75) is 61.2 Å². The van der Waals surface area contributed by atoms with Gasteiger partial charge in [-0.25, -0.2) is 4.98 Å². The second kappa shape index (κ2) is 6.91. The van der Waals surface area contributed by atoms with Crippen LogP contribution in [0.25, 0.3) is 0 Å². The highest BCUT2D eigenvalue weighted by Crippen LogP contribution is 2.41. The Kier molecular flexibility index (Phi) is 5.46. The summed E-state index contributed by atoms with van der Waals surface area (Å²) in [5.41, 5.74) is -0.515. The van der Waals surface area contributed by atoms with Gasteiger partial charge in [0.15, 0.2) is 0 Å². The first-order valence-electron chi connectivity index (χ1n) is 7.07. The molecule has 1 N–H and O–H groups in total. The third-order valence-electron chi connectivity index (χ3n) is 3.38. The number of thiazole rings is 1. The van der Waals surface area contributed by atoms with Crippen LogP contribution in [-0.2, 0) is 9.53 Å². The molecule has 20 heavy (non-hydrogen) atoms. The summed E-state index contributed by atoms with van der Waals surface area (Å²) in [6.45, 7) is 6.44. The molecule has 0 aliphatic heterocycles. The predicted octanol–water partition coefficient (Wildman–Crippen LogP) is 3.09. The van der Waals surface area contributed by atoms with Gasteiger partial charge in [0, 0.05) is 22.9 Å². The van der Waals surface area contributed by atoms with Gasteiger partial charge in [-0.2, -0.15) is 0 Å². The van der Waals surface area contributed by atoms with E-state index in [1.807, 2.05) is 18.5 Å². The van der Waals surface area contributed by atoms with E-state index in [2.05, 4.69) is 24.1 Å². The zero-order chi connectivity index (χ0) is 14.6. The summed E-state index contributed by atoms with van der Waals surface area (Å²) in [4.78, 5) is 16.7. The van der Waals surface area contributed by atoms with Gasteiger partial charge in [0.2, 0.25) is 0 Å². The third-order valence-corrected chi connectivity index (χ3v) is 5.56. The number of carbonyl (C=O) groups is 1. The van der Waals surface area contributed by atoms with Gasteiger partial charge in [0.25, 0.3) is 0 Å². The molecule has 1 aromatic rings. The highest BCUT2D eigenvalue weighted by Gasteiger charge is 2.47. The maximum atomic E-state index is 12.3. The Bertz CT molecular complexity index is 436. The first-order valence-corrected chi connectivity index (χ1v) is 8.83. The summed E-state index contributed by atoms with van der Waals surface area (Å²) in [5.74, 6) is -0.101. The Labute approximate surface area is 128 Å². The van der Waals surface area contributed by atoms with E-state index in [0.29, 0.717) is 11.9 Å². The largest absolute Gasteiger partial charge is 0.465 e. The second-order valence-electron chi connectivity index (χ2n) is 5.38. The Morgan fingerprint density at radius 3 is 3.10 bits per heavy atom. The summed E-state index contributed by atoms with van der Waals surface area (Å²) in [6, 6.07) is 0.267. The van der Waals surface area contributed by atoms with Crippen molar-refractivity contribution in [1.29, 1.82) is 0 Å². The van der Waals surface area contributed by atoms with E-state index in [1.54, 1.807) is 23.1 Å². The van der Waals surface area contributed by atoms with E-state index >= 15 is 0 Å². The molecule has 1 aliphatic rings. The molecule has 1 heterocycles. The predicted molar refractivity (Wildman–Crippen MR) is 83.2 cm³/mol. The van der Waals surface area contributed by atoms with Crippen LogP contribution in [0.5, 0.6) is 0 Å². The molecule has 0 radical (unpaired) electrons. The van der Waals surface area contributed by atoms with Crippen molar-refractivity contribution in [2.75, 3.05) is 6.61 Å². The lowest BCUT2D eigenvalue weighted by Crippen LogP contribution is -2.54. The van der Waals surface area contributed by atoms with Gasteiger partial charge in [-0.05, 0) is 40.0 Å². The molecule has 0 spiro atoms. The van der Waals surface area contributed by atoms with Gasteiger partial charge >= 0.3 is 5.97 Å². The first-order chi connectivity index (χ1) is 9.55. The van der Waals surface area contributed by atoms with Crippen molar-refractivity contribution < 1.29 is 9.53 Å². The lowest BCUT2D eigenvalue weighted by atomic mass is 9.96. The topological polar surface area (TPSA) is 51.2 Å². The fourth-order valence-corrected chi connectivity index (χ4v) is 4.88. The highest BCUT2D eigenvalue weighted by molar-refractivity contribution is 8.01. The Morgan fingerprint density at radius 2 is 2.50 bits per heavy atom. The van der Waals surface area contributed by atoms with E-state index in [0.717, 1.165) is 23.6 Å². The van der Waals surface area contributed by atoms with E-state index in [9.17, 15) is 4.79 Å². The molecule has 1 aromatic heterocycles. The minimum absolute atomic E-state index is 0.101. The van der Waals surface area contributed by atoms with Gasteiger partial charge in [0.1, 0.15) is 9.88 Å². The van der Waals surface area contributed by atoms with E-state index in [-0.39, 0.29) is 12.0 Å². The van der Waals surface area contributed by atoms with E-state index in [1.165, 1.54) is 0 Å². The van der Waals surface area contributed by atoms with Crippen molar-refractivity contribution in [3.8, 4) is 0 Å². The Balaban J connectivity index is 2.04. The quantitative estimate of drug-likeness (QED) is 0.818. The van der Waals surface area contributed by atoms with Crippen LogP contribution in [0.3, 0.4) is 0 Å². The van der Waals surface area contributed by atoms with E-state index < -0.39 is 5.54 Å². The number of ether oxygens (including phenoxy) is 1. The van der Waals surface area contributed by atoms with Crippen LogP contribution in [-0.4, -0.2) is 34.4 Å². The average molecular weight is 314 g/mol. The molecule has 1 fully saturated rings. The van der Waals surface area contributed by atoms with Crippen molar-refractivity contribution in [1.82, 2.24) is 10.3 Å². The molecule has 2 unspecified atom stereocenters. The van der Waals surface area contributed by atoms with Gasteiger partial charge in [-0.15, -0.1) is 11.3 Å². The van der Waals surface area contributed by atoms with Crippen molar-refractivity contribution in [3.63, 3.8) is 0 Å². The molecule has 1 saturated carbocycles. The fourth-order valence-electron chi connectivity index (χ4n) is 2.71. The number of hydrogen-bond acceptors (Lipinski definition) is 6. The molecule has 2 atom stereocenters. The summed E-state index contributed by atoms with van der Waals surface area (Å²) < 4.78 is 6.37. The molecule has 0 saturated heterocycles. The summed E-state index contributed by atoms with van der Waals surface area (Å²) >= 11 is 3.44. The SMILES string of the molecule is CCOC(=O)C1(NC(C)C)CCC(Sc2nccs2)C1. The van der Waals surface area contributed by atoms with Crippen molar-refractivity contribution in [3.05, 3.63) is 11.6 Å². The number of nitrogens with one attached hydrogen (secondary N) is 1. The zero-order valence-corrected chi connectivity index (χ0v) is 13.9. The molecular formula is C14H22N2O2S2. The molecule has 4 nitrogen and oxygen atoms in total. The van der Waals surface area contributed by atoms with Crippen LogP contribution in [0.2, 0.25) is 0 Å². The summed E-state index contributed by atoms with van der Waals surface area (Å²) in [6.07, 6.45) is 4.50. The van der Waals surface area contributed by atoms with Gasteiger partial charge in [-0.3, -0.25) is 10.1 Å². The monoisotopic (exact) mass is 314 g/mol. The number of rotatable bonds is 6. The number of esters is 1. The molecule has 0 aromatic carbocycles. The maximum absolute atomic E-state index is 12.3.